The molecule has 0 N–H and O–H groups in total. The molecule has 0 unspecified atom stereocenters. The lowest BCUT2D eigenvalue weighted by Gasteiger charge is -2.06. The molecule has 98 valence electrons. The van der Waals surface area contributed by atoms with Crippen LogP contribution in [0.5, 0.6) is 5.75 Å². The number of hydrogen-bond donors (Lipinski definition) is 0. The number of halogens is 1. The summed E-state index contributed by atoms with van der Waals surface area (Å²) in [5.74, 6) is 6.59. The second kappa shape index (κ2) is 7.19. The molecule has 0 aliphatic heterocycles. The molecule has 1 aromatic heterocycles. The maximum Gasteiger partial charge on any atom is 0.139 e. The van der Waals surface area contributed by atoms with E-state index in [4.69, 9.17) is 21.6 Å². The molecule has 0 spiro atoms. The number of alkyl halides is 1. The van der Waals surface area contributed by atoms with Crippen molar-refractivity contribution >= 4 is 11.6 Å². The summed E-state index contributed by atoms with van der Waals surface area (Å²) in [6, 6.07) is 11.1. The molecular weight excluding hydrogens is 272 g/mol. The van der Waals surface area contributed by atoms with Crippen LogP contribution in [0.15, 0.2) is 42.7 Å². The maximum absolute atomic E-state index is 8.73. The molecule has 0 bridgehead atoms. The van der Waals surface area contributed by atoms with Crippen molar-refractivity contribution in [1.82, 2.24) is 4.98 Å². The summed E-state index contributed by atoms with van der Waals surface area (Å²) in [6.07, 6.45) is 3.30. The Hall–Kier alpha value is -2.49. The van der Waals surface area contributed by atoms with Gasteiger partial charge in [0.25, 0.3) is 0 Å². The van der Waals surface area contributed by atoms with Gasteiger partial charge in [0.2, 0.25) is 0 Å². The quantitative estimate of drug-likeness (QED) is 0.642. The molecule has 1 heterocycles. The molecule has 0 fully saturated rings. The minimum absolute atomic E-state index is 0.288. The number of hydrogen-bond acceptors (Lipinski definition) is 3. The molecule has 1 aromatic carbocycles. The van der Waals surface area contributed by atoms with Gasteiger partial charge in [0.1, 0.15) is 12.4 Å². The number of rotatable bonds is 3. The van der Waals surface area contributed by atoms with E-state index < -0.39 is 0 Å². The summed E-state index contributed by atoms with van der Waals surface area (Å²) in [5.41, 5.74) is 2.39. The zero-order chi connectivity index (χ0) is 14.2. The highest BCUT2D eigenvalue weighted by Gasteiger charge is 1.98. The lowest BCUT2D eigenvalue weighted by Crippen LogP contribution is -1.96. The van der Waals surface area contributed by atoms with Gasteiger partial charge in [0.15, 0.2) is 0 Å². The number of aromatic nitrogens is 1. The topological polar surface area (TPSA) is 45.9 Å². The average molecular weight is 283 g/mol. The van der Waals surface area contributed by atoms with Gasteiger partial charge in [-0.05, 0) is 23.8 Å². The van der Waals surface area contributed by atoms with Crippen molar-refractivity contribution in [1.29, 1.82) is 5.26 Å². The van der Waals surface area contributed by atoms with Crippen molar-refractivity contribution in [2.45, 2.75) is 6.61 Å². The summed E-state index contributed by atoms with van der Waals surface area (Å²) in [7, 11) is 0. The van der Waals surface area contributed by atoms with Crippen LogP contribution in [-0.4, -0.2) is 10.9 Å². The third-order valence-electron chi connectivity index (χ3n) is 2.50. The summed E-state index contributed by atoms with van der Waals surface area (Å²) < 4.78 is 5.64. The average Bonchev–Trinajstić information content (AvgIpc) is 2.52. The Morgan fingerprint density at radius 1 is 1.15 bits per heavy atom. The van der Waals surface area contributed by atoms with Crippen molar-refractivity contribution in [3.8, 4) is 23.7 Å². The van der Waals surface area contributed by atoms with Crippen LogP contribution >= 0.6 is 11.6 Å². The van der Waals surface area contributed by atoms with E-state index in [0.29, 0.717) is 17.9 Å². The van der Waals surface area contributed by atoms with Crippen LogP contribution in [0.3, 0.4) is 0 Å². The molecule has 2 rings (SSSR count). The van der Waals surface area contributed by atoms with E-state index in [1.807, 2.05) is 18.2 Å². The van der Waals surface area contributed by atoms with Crippen LogP contribution in [-0.2, 0) is 6.61 Å². The molecule has 3 nitrogen and oxygen atoms in total. The standard InChI is InChI=1S/C16H11ClN2O/c17-7-1-2-15-8-16(11-19-10-15)20-12-14-5-3-13(9-18)4-6-14/h3-6,8,10-11H,7,12H2. The zero-order valence-corrected chi connectivity index (χ0v) is 11.4. The summed E-state index contributed by atoms with van der Waals surface area (Å²) in [5, 5.41) is 8.73. The van der Waals surface area contributed by atoms with Crippen LogP contribution in [0.2, 0.25) is 0 Å². The Morgan fingerprint density at radius 2 is 1.95 bits per heavy atom. The molecule has 20 heavy (non-hydrogen) atoms. The summed E-state index contributed by atoms with van der Waals surface area (Å²) in [6.45, 7) is 0.416. The fraction of sp³-hybridized carbons (Fsp3) is 0.125. The van der Waals surface area contributed by atoms with Crippen LogP contribution < -0.4 is 4.74 Å². The maximum atomic E-state index is 8.73. The SMILES string of the molecule is N#Cc1ccc(COc2cncc(C#CCCl)c2)cc1. The second-order valence-electron chi connectivity index (χ2n) is 3.94. The van der Waals surface area contributed by atoms with Crippen LogP contribution in [0.1, 0.15) is 16.7 Å². The highest BCUT2D eigenvalue weighted by atomic mass is 35.5. The van der Waals surface area contributed by atoms with Gasteiger partial charge >= 0.3 is 0 Å². The number of nitriles is 1. The largest absolute Gasteiger partial charge is 0.487 e. The van der Waals surface area contributed by atoms with Gasteiger partial charge < -0.3 is 4.74 Å². The first-order valence-corrected chi connectivity index (χ1v) is 6.47. The fourth-order valence-corrected chi connectivity index (χ4v) is 1.61. The van der Waals surface area contributed by atoms with Gasteiger partial charge in [0.05, 0.1) is 23.7 Å². The first-order chi connectivity index (χ1) is 9.81. The monoisotopic (exact) mass is 282 g/mol. The van der Waals surface area contributed by atoms with Crippen molar-refractivity contribution in [2.75, 3.05) is 5.88 Å². The molecule has 0 aliphatic carbocycles. The first kappa shape index (κ1) is 13.9. The molecule has 0 aliphatic rings. The number of nitrogens with zero attached hydrogens (tertiary/aromatic N) is 2. The zero-order valence-electron chi connectivity index (χ0n) is 10.6. The number of ether oxygens (including phenoxy) is 1. The molecule has 2 aromatic rings. The van der Waals surface area contributed by atoms with Crippen LogP contribution in [0, 0.1) is 23.2 Å². The predicted molar refractivity (Wildman–Crippen MR) is 77.3 cm³/mol. The molecular formula is C16H11ClN2O. The minimum atomic E-state index is 0.288. The van der Waals surface area contributed by atoms with E-state index in [2.05, 4.69) is 22.9 Å². The van der Waals surface area contributed by atoms with E-state index in [1.54, 1.807) is 24.5 Å². The van der Waals surface area contributed by atoms with Crippen LogP contribution in [0.25, 0.3) is 0 Å². The summed E-state index contributed by atoms with van der Waals surface area (Å²) >= 11 is 5.51. The third-order valence-corrected chi connectivity index (χ3v) is 2.63. The normalized spacial score (nSPS) is 9.20. The van der Waals surface area contributed by atoms with Gasteiger partial charge in [-0.3, -0.25) is 4.98 Å². The van der Waals surface area contributed by atoms with Crippen molar-refractivity contribution in [2.24, 2.45) is 0 Å². The van der Waals surface area contributed by atoms with E-state index in [-0.39, 0.29) is 5.88 Å². The third kappa shape index (κ3) is 4.02. The Labute approximate surface area is 122 Å². The van der Waals surface area contributed by atoms with Gasteiger partial charge in [-0.15, -0.1) is 11.6 Å². The number of pyridine rings is 1. The lowest BCUT2D eigenvalue weighted by atomic mass is 10.2. The van der Waals surface area contributed by atoms with Crippen molar-refractivity contribution in [3.63, 3.8) is 0 Å². The van der Waals surface area contributed by atoms with Gasteiger partial charge in [-0.25, -0.2) is 0 Å². The Morgan fingerprint density at radius 3 is 2.65 bits per heavy atom. The van der Waals surface area contributed by atoms with E-state index >= 15 is 0 Å². The highest BCUT2D eigenvalue weighted by Crippen LogP contribution is 2.13. The highest BCUT2D eigenvalue weighted by molar-refractivity contribution is 6.19. The van der Waals surface area contributed by atoms with Crippen molar-refractivity contribution in [3.05, 3.63) is 59.4 Å². The Balaban J connectivity index is 2.01. The second-order valence-corrected chi connectivity index (χ2v) is 4.21. The first-order valence-electron chi connectivity index (χ1n) is 5.93. The molecule has 0 saturated carbocycles. The van der Waals surface area contributed by atoms with Crippen LogP contribution in [0.4, 0.5) is 0 Å². The van der Waals surface area contributed by atoms with E-state index in [1.165, 1.54) is 0 Å². The van der Waals surface area contributed by atoms with E-state index in [9.17, 15) is 0 Å². The van der Waals surface area contributed by atoms with E-state index in [0.717, 1.165) is 11.1 Å². The molecule has 0 saturated heterocycles. The Bertz CT molecular complexity index is 678. The Kier molecular flexibility index (Phi) is 5.00. The minimum Gasteiger partial charge on any atom is -0.487 e. The molecule has 0 radical (unpaired) electrons. The number of benzene rings is 1. The van der Waals surface area contributed by atoms with Gasteiger partial charge in [-0.2, -0.15) is 5.26 Å². The summed E-state index contributed by atoms with van der Waals surface area (Å²) in [4.78, 5) is 4.06. The molecule has 0 amide bonds. The predicted octanol–water partition coefficient (Wildman–Crippen LogP) is 3.12. The molecule has 4 heteroatoms. The van der Waals surface area contributed by atoms with Crippen molar-refractivity contribution < 1.29 is 4.74 Å². The molecule has 0 atom stereocenters. The van der Waals surface area contributed by atoms with Gasteiger partial charge in [-0.1, -0.05) is 24.0 Å². The van der Waals surface area contributed by atoms with Gasteiger partial charge in [0, 0.05) is 11.8 Å². The lowest BCUT2D eigenvalue weighted by molar-refractivity contribution is 0.305. The fourth-order valence-electron chi connectivity index (χ4n) is 1.54. The smallest absolute Gasteiger partial charge is 0.139 e.